The van der Waals surface area contributed by atoms with E-state index < -0.39 is 0 Å². The Morgan fingerprint density at radius 2 is 0.921 bits per heavy atom. The lowest BCUT2D eigenvalue weighted by Crippen LogP contribution is -2.31. The average molecular weight is 1040 g/mol. The van der Waals surface area contributed by atoms with E-state index in [1.54, 1.807) is 16.0 Å². The summed E-state index contributed by atoms with van der Waals surface area (Å²) in [6, 6.07) is 58.9. The molecule has 1 amide bonds. The van der Waals surface area contributed by atoms with Gasteiger partial charge in [0.05, 0.1) is 51.6 Å². The number of azo groups is 2. The minimum absolute atomic E-state index is 0.241. The molecular weight excluding hydrogens is 988 g/mol. The average Bonchev–Trinajstić information content (AvgIpc) is 3.46. The number of benzene rings is 9. The number of fused-ring (bicyclic) bond motifs is 2. The third kappa shape index (κ3) is 12.4. The molecule has 0 fully saturated rings. The first-order valence-corrected chi connectivity index (χ1v) is 26.1. The lowest BCUT2D eigenvalue weighted by molar-refractivity contribution is 0.0954. The molecule has 0 aromatic heterocycles. The van der Waals surface area contributed by atoms with Crippen molar-refractivity contribution in [3.63, 3.8) is 0 Å². The molecule has 0 radical (unpaired) electrons. The smallest absolute Gasteiger partial charge is 0.262 e. The van der Waals surface area contributed by atoms with Gasteiger partial charge < -0.3 is 14.4 Å². The molecule has 0 N–H and O–H groups in total. The number of hydrogen-bond donors (Lipinski definition) is 0. The third-order valence-corrected chi connectivity index (χ3v) is 13.2. The molecule has 0 saturated carbocycles. The second-order valence-electron chi connectivity index (χ2n) is 17.5. The molecular formula is C64H56Cl2N6O4. The van der Waals surface area contributed by atoms with Gasteiger partial charge in [-0.05, 0) is 121 Å². The first kappa shape index (κ1) is 52.5. The Morgan fingerprint density at radius 3 is 1.41 bits per heavy atom. The van der Waals surface area contributed by atoms with Crippen molar-refractivity contribution < 1.29 is 19.1 Å². The van der Waals surface area contributed by atoms with E-state index >= 15 is 0 Å². The second-order valence-corrected chi connectivity index (χ2v) is 18.3. The van der Waals surface area contributed by atoms with E-state index in [9.17, 15) is 4.79 Å². The second kappa shape index (κ2) is 25.2. The van der Waals surface area contributed by atoms with Gasteiger partial charge in [0.2, 0.25) is 0 Å². The fraction of sp³-hybridized carbons (Fsp3) is 0.141. The summed E-state index contributed by atoms with van der Waals surface area (Å²) >= 11 is 13.1. The summed E-state index contributed by atoms with van der Waals surface area (Å²) in [5, 5.41) is 25.3. The van der Waals surface area contributed by atoms with Gasteiger partial charge in [0, 0.05) is 29.4 Å². The number of halogens is 2. The molecule has 0 saturated heterocycles. The van der Waals surface area contributed by atoms with Crippen molar-refractivity contribution in [3.05, 3.63) is 225 Å². The minimum atomic E-state index is -0.241. The maximum absolute atomic E-state index is 14.3. The van der Waals surface area contributed by atoms with Gasteiger partial charge in [-0.1, -0.05) is 169 Å². The van der Waals surface area contributed by atoms with E-state index in [0.717, 1.165) is 55.0 Å². The van der Waals surface area contributed by atoms with Crippen molar-refractivity contribution in [2.75, 3.05) is 36.3 Å². The molecule has 9 aromatic carbocycles. The molecule has 0 aliphatic rings. The number of hydrogen-bond acceptors (Lipinski definition) is 9. The van der Waals surface area contributed by atoms with E-state index in [-0.39, 0.29) is 12.5 Å². The molecule has 0 atom stereocenters. The Labute approximate surface area is 453 Å². The number of carbonyl (C=O) groups is 1. The molecule has 9 aromatic rings. The van der Waals surface area contributed by atoms with Gasteiger partial charge >= 0.3 is 0 Å². The van der Waals surface area contributed by atoms with Crippen LogP contribution in [0.2, 0.25) is 10.0 Å². The summed E-state index contributed by atoms with van der Waals surface area (Å²) < 4.78 is 12.4. The molecule has 0 aliphatic heterocycles. The highest BCUT2D eigenvalue weighted by molar-refractivity contribution is 6.34. The zero-order valence-electron chi connectivity index (χ0n) is 42.7. The van der Waals surface area contributed by atoms with Crippen LogP contribution in [0.25, 0.3) is 45.8 Å². The maximum atomic E-state index is 14.3. The lowest BCUT2D eigenvalue weighted by Gasteiger charge is -2.24. The number of amides is 1. The molecule has 9 rings (SSSR count). The minimum Gasteiger partial charge on any atom is -0.491 e. The molecule has 10 nitrogen and oxygen atoms in total. The van der Waals surface area contributed by atoms with Gasteiger partial charge in [-0.25, -0.2) is 0 Å². The third-order valence-electron chi connectivity index (χ3n) is 12.5. The largest absolute Gasteiger partial charge is 0.491 e. The molecule has 76 heavy (non-hydrogen) atoms. The van der Waals surface area contributed by atoms with Gasteiger partial charge in [-0.2, -0.15) is 10.2 Å². The lowest BCUT2D eigenvalue weighted by atomic mass is 10.0. The molecule has 0 aliphatic carbocycles. The summed E-state index contributed by atoms with van der Waals surface area (Å²) in [6.07, 6.45) is 8.31. The SMILES string of the molecule is CCOc1c(CON(CC)c2ccccc2Cl)cc2ccccc2c1N=Nc1ccc(C=Cc2ccc(C=Cc3ccc(N=Nc4c(OCC)c(C(=O)N(CC)c5ccccc5Cl)cc5ccccc45)cc3)cc2)cc1. The summed E-state index contributed by atoms with van der Waals surface area (Å²) in [4.78, 5) is 22.2. The number of hydroxylamine groups is 1. The first-order valence-electron chi connectivity index (χ1n) is 25.3. The van der Waals surface area contributed by atoms with Crippen LogP contribution in [0, 0.1) is 0 Å². The van der Waals surface area contributed by atoms with Gasteiger partial charge in [0.25, 0.3) is 5.91 Å². The van der Waals surface area contributed by atoms with Crippen LogP contribution in [0.15, 0.2) is 202 Å². The van der Waals surface area contributed by atoms with Crippen molar-refractivity contribution in [2.45, 2.75) is 34.3 Å². The van der Waals surface area contributed by atoms with Crippen LogP contribution in [0.4, 0.5) is 34.1 Å². The highest BCUT2D eigenvalue weighted by Gasteiger charge is 2.26. The molecule has 0 unspecified atom stereocenters. The van der Waals surface area contributed by atoms with E-state index in [0.29, 0.717) is 81.8 Å². The first-order chi connectivity index (χ1) is 37.2. The number of rotatable bonds is 20. The van der Waals surface area contributed by atoms with Gasteiger partial charge in [-0.3, -0.25) is 14.7 Å². The number of nitrogens with zero attached hydrogens (tertiary/aromatic N) is 6. The Kier molecular flexibility index (Phi) is 17.4. The van der Waals surface area contributed by atoms with Crippen LogP contribution < -0.4 is 19.4 Å². The Bertz CT molecular complexity index is 3600. The molecule has 380 valence electrons. The fourth-order valence-electron chi connectivity index (χ4n) is 8.73. The van der Waals surface area contributed by atoms with Crippen LogP contribution >= 0.6 is 23.2 Å². The van der Waals surface area contributed by atoms with Crippen LogP contribution in [-0.4, -0.2) is 32.2 Å². The quantitative estimate of drug-likeness (QED) is 0.0430. The summed E-state index contributed by atoms with van der Waals surface area (Å²) in [7, 11) is 0. The van der Waals surface area contributed by atoms with E-state index in [4.69, 9.17) is 47.7 Å². The van der Waals surface area contributed by atoms with Crippen molar-refractivity contribution in [1.29, 1.82) is 0 Å². The summed E-state index contributed by atoms with van der Waals surface area (Å²) in [5.41, 5.74) is 9.34. The topological polar surface area (TPSA) is 101 Å². The summed E-state index contributed by atoms with van der Waals surface area (Å²) in [5.74, 6) is 0.763. The fourth-order valence-corrected chi connectivity index (χ4v) is 9.20. The van der Waals surface area contributed by atoms with Crippen LogP contribution in [0.5, 0.6) is 11.5 Å². The number of carbonyl (C=O) groups excluding carboxylic acids is 1. The zero-order chi connectivity index (χ0) is 52.8. The standard InChI is InChI=1S/C64H56Cl2N6O4/c1-5-71(58-23-15-13-21-56(58)65)64(73)55-42-49-18-10-12-20-54(49)61(63(55)75-8-4)70-68-52-39-35-47(36-40-52)32-30-45-27-25-44(26-28-45)29-31-46-33-37-51(38-34-46)67-69-60-53-19-11-9-17-48(53)41-50(62(60)74-7-3)43-76-72(6-2)59-24-16-14-22-57(59)66/h9-42H,5-8,43H2,1-4H3. The van der Waals surface area contributed by atoms with Crippen LogP contribution in [0.3, 0.4) is 0 Å². The highest BCUT2D eigenvalue weighted by Crippen LogP contribution is 2.43. The maximum Gasteiger partial charge on any atom is 0.262 e. The van der Waals surface area contributed by atoms with Crippen LogP contribution in [-0.2, 0) is 11.4 Å². The van der Waals surface area contributed by atoms with Crippen molar-refractivity contribution in [3.8, 4) is 11.5 Å². The van der Waals surface area contributed by atoms with E-state index in [1.807, 2.05) is 167 Å². The molecule has 0 bridgehead atoms. The Balaban J connectivity index is 0.849. The van der Waals surface area contributed by atoms with Crippen molar-refractivity contribution in [2.24, 2.45) is 20.5 Å². The van der Waals surface area contributed by atoms with E-state index in [2.05, 4.69) is 70.9 Å². The normalized spacial score (nSPS) is 11.7. The predicted molar refractivity (Wildman–Crippen MR) is 314 cm³/mol. The monoisotopic (exact) mass is 1040 g/mol. The highest BCUT2D eigenvalue weighted by atomic mass is 35.5. The summed E-state index contributed by atoms with van der Waals surface area (Å²) in [6.45, 7) is 9.82. The van der Waals surface area contributed by atoms with Crippen molar-refractivity contribution >= 4 is 109 Å². The van der Waals surface area contributed by atoms with Gasteiger partial charge in [0.15, 0.2) is 11.5 Å². The Morgan fingerprint density at radius 1 is 0.487 bits per heavy atom. The van der Waals surface area contributed by atoms with Crippen LogP contribution in [0.1, 0.15) is 65.9 Å². The molecule has 12 heteroatoms. The number of para-hydroxylation sites is 2. The predicted octanol–water partition coefficient (Wildman–Crippen LogP) is 18.9. The Hall–Kier alpha value is -8.41. The van der Waals surface area contributed by atoms with E-state index in [1.165, 1.54) is 0 Å². The zero-order valence-corrected chi connectivity index (χ0v) is 44.2. The number of anilines is 2. The molecule has 0 heterocycles. The van der Waals surface area contributed by atoms with Crippen molar-refractivity contribution in [1.82, 2.24) is 0 Å². The van der Waals surface area contributed by atoms with Gasteiger partial charge in [-0.15, -0.1) is 10.2 Å². The van der Waals surface area contributed by atoms with Gasteiger partial charge in [0.1, 0.15) is 18.0 Å². The molecule has 0 spiro atoms. The number of ether oxygens (including phenoxy) is 2.